The second kappa shape index (κ2) is 7.63. The summed E-state index contributed by atoms with van der Waals surface area (Å²) in [6, 6.07) is 16.6. The number of likely N-dealkylation sites (tertiary alicyclic amines) is 1. The maximum absolute atomic E-state index is 12.9. The lowest BCUT2D eigenvalue weighted by molar-refractivity contribution is -0.120. The molecular formula is C21H22N4O2. The van der Waals surface area contributed by atoms with E-state index in [4.69, 9.17) is 0 Å². The number of nitrogens with one attached hydrogen (secondary N) is 1. The number of phenols is 1. The predicted molar refractivity (Wildman–Crippen MR) is 104 cm³/mol. The van der Waals surface area contributed by atoms with Gasteiger partial charge in [-0.1, -0.05) is 18.2 Å². The van der Waals surface area contributed by atoms with Crippen molar-refractivity contribution in [3.8, 4) is 11.4 Å². The van der Waals surface area contributed by atoms with E-state index in [1.165, 1.54) is 0 Å². The summed E-state index contributed by atoms with van der Waals surface area (Å²) in [6.07, 6.45) is 5.42. The maximum Gasteiger partial charge on any atom is 0.241 e. The molecule has 0 aliphatic carbocycles. The van der Waals surface area contributed by atoms with Crippen LogP contribution in [0.4, 0.5) is 5.69 Å². The molecule has 6 heteroatoms. The highest BCUT2D eigenvalue weighted by Crippen LogP contribution is 2.23. The molecule has 1 saturated heterocycles. The van der Waals surface area contributed by atoms with Gasteiger partial charge in [-0.3, -0.25) is 9.69 Å². The first kappa shape index (κ1) is 17.3. The van der Waals surface area contributed by atoms with Crippen molar-refractivity contribution in [2.75, 3.05) is 11.9 Å². The zero-order valence-corrected chi connectivity index (χ0v) is 15.0. The third-order valence-corrected chi connectivity index (χ3v) is 4.85. The summed E-state index contributed by atoms with van der Waals surface area (Å²) >= 11 is 0. The van der Waals surface area contributed by atoms with Gasteiger partial charge in [0.2, 0.25) is 5.91 Å². The molecule has 1 fully saturated rings. The van der Waals surface area contributed by atoms with E-state index in [0.717, 1.165) is 36.3 Å². The topological polar surface area (TPSA) is 70.4 Å². The Hall–Kier alpha value is -3.12. The summed E-state index contributed by atoms with van der Waals surface area (Å²) in [5.74, 6) is 0.258. The summed E-state index contributed by atoms with van der Waals surface area (Å²) in [4.78, 5) is 15.0. The van der Waals surface area contributed by atoms with Crippen molar-refractivity contribution < 1.29 is 9.90 Å². The Balaban J connectivity index is 1.45. The van der Waals surface area contributed by atoms with Gasteiger partial charge in [0.1, 0.15) is 5.75 Å². The van der Waals surface area contributed by atoms with Gasteiger partial charge in [0, 0.05) is 24.6 Å². The van der Waals surface area contributed by atoms with Crippen molar-refractivity contribution in [2.24, 2.45) is 0 Å². The van der Waals surface area contributed by atoms with Crippen LogP contribution in [-0.2, 0) is 11.3 Å². The lowest BCUT2D eigenvalue weighted by atomic mass is 10.1. The number of nitrogens with zero attached hydrogens (tertiary/aromatic N) is 3. The number of carbonyl (C=O) groups is 1. The van der Waals surface area contributed by atoms with Crippen molar-refractivity contribution in [1.82, 2.24) is 14.7 Å². The first-order valence-electron chi connectivity index (χ1n) is 9.12. The molecule has 2 heterocycles. The molecule has 138 valence electrons. The number of carbonyl (C=O) groups excluding carboxylic acids is 1. The molecule has 0 saturated carbocycles. The highest BCUT2D eigenvalue weighted by atomic mass is 16.3. The normalized spacial score (nSPS) is 17.1. The largest absolute Gasteiger partial charge is 0.508 e. The van der Waals surface area contributed by atoms with E-state index >= 15 is 0 Å². The summed E-state index contributed by atoms with van der Waals surface area (Å²) in [7, 11) is 0. The molecule has 3 aromatic rings. The minimum Gasteiger partial charge on any atom is -0.508 e. The van der Waals surface area contributed by atoms with Crippen LogP contribution in [0.2, 0.25) is 0 Å². The first-order chi connectivity index (χ1) is 13.2. The zero-order valence-electron chi connectivity index (χ0n) is 15.0. The van der Waals surface area contributed by atoms with Crippen molar-refractivity contribution in [3.63, 3.8) is 0 Å². The number of phenolic OH excluding ortho intramolecular Hbond substituents is 1. The van der Waals surface area contributed by atoms with Crippen molar-refractivity contribution in [3.05, 3.63) is 72.6 Å². The molecule has 0 spiro atoms. The van der Waals surface area contributed by atoms with E-state index in [2.05, 4.69) is 15.3 Å². The Kier molecular flexibility index (Phi) is 4.89. The monoisotopic (exact) mass is 362 g/mol. The van der Waals surface area contributed by atoms with Crippen LogP contribution in [0, 0.1) is 0 Å². The van der Waals surface area contributed by atoms with Crippen molar-refractivity contribution in [1.29, 1.82) is 0 Å². The van der Waals surface area contributed by atoms with E-state index < -0.39 is 0 Å². The van der Waals surface area contributed by atoms with Gasteiger partial charge < -0.3 is 10.4 Å². The molecule has 27 heavy (non-hydrogen) atoms. The molecule has 1 aliphatic heterocycles. The van der Waals surface area contributed by atoms with E-state index in [-0.39, 0.29) is 17.7 Å². The van der Waals surface area contributed by atoms with Crippen LogP contribution < -0.4 is 5.32 Å². The van der Waals surface area contributed by atoms with E-state index in [9.17, 15) is 9.90 Å². The van der Waals surface area contributed by atoms with Crippen LogP contribution in [0.5, 0.6) is 5.75 Å². The number of hydrogen-bond donors (Lipinski definition) is 2. The molecule has 2 aromatic carbocycles. The van der Waals surface area contributed by atoms with Crippen LogP contribution in [0.1, 0.15) is 18.4 Å². The van der Waals surface area contributed by atoms with Crippen LogP contribution in [0.15, 0.2) is 67.0 Å². The summed E-state index contributed by atoms with van der Waals surface area (Å²) in [5.41, 5.74) is 2.67. The fraction of sp³-hybridized carbons (Fsp3) is 0.238. The number of benzene rings is 2. The van der Waals surface area contributed by atoms with Gasteiger partial charge in [-0.05, 0) is 61.3 Å². The van der Waals surface area contributed by atoms with Gasteiger partial charge in [-0.15, -0.1) is 0 Å². The quantitative estimate of drug-likeness (QED) is 0.731. The van der Waals surface area contributed by atoms with E-state index in [0.29, 0.717) is 6.54 Å². The Labute approximate surface area is 158 Å². The van der Waals surface area contributed by atoms with Crippen LogP contribution in [0.3, 0.4) is 0 Å². The number of hydrogen-bond acceptors (Lipinski definition) is 4. The third kappa shape index (κ3) is 4.01. The number of aromatic hydroxyl groups is 1. The van der Waals surface area contributed by atoms with Gasteiger partial charge in [0.05, 0.1) is 11.7 Å². The lowest BCUT2D eigenvalue weighted by Gasteiger charge is -2.24. The molecular weight excluding hydrogens is 340 g/mol. The summed E-state index contributed by atoms with van der Waals surface area (Å²) < 4.78 is 1.76. The Morgan fingerprint density at radius 3 is 2.89 bits per heavy atom. The average molecular weight is 362 g/mol. The standard InChI is InChI=1S/C21H22N4O2/c26-19-8-1-5-16(13-19)15-24-11-3-9-20(24)21(27)23-17-6-2-7-18(14-17)25-12-4-10-22-25/h1-2,4-8,10,12-14,20,26H,3,9,11,15H2,(H,23,27)/t20-/m1/s1. The van der Waals surface area contributed by atoms with Crippen LogP contribution in [-0.4, -0.2) is 38.3 Å². The molecule has 4 rings (SSSR count). The second-order valence-corrected chi connectivity index (χ2v) is 6.79. The Morgan fingerprint density at radius 2 is 2.07 bits per heavy atom. The van der Waals surface area contributed by atoms with Gasteiger partial charge in [0.25, 0.3) is 0 Å². The summed E-state index contributed by atoms with van der Waals surface area (Å²) in [6.45, 7) is 1.53. The molecule has 1 atom stereocenters. The SMILES string of the molecule is O=C(Nc1cccc(-n2cccn2)c1)[C@H]1CCCN1Cc1cccc(O)c1. The molecule has 0 bridgehead atoms. The average Bonchev–Trinajstić information content (AvgIpc) is 3.34. The number of rotatable bonds is 5. The Bertz CT molecular complexity index is 923. The maximum atomic E-state index is 12.9. The second-order valence-electron chi connectivity index (χ2n) is 6.79. The minimum atomic E-state index is -0.166. The zero-order chi connectivity index (χ0) is 18.6. The van der Waals surface area contributed by atoms with E-state index in [1.54, 1.807) is 23.0 Å². The van der Waals surface area contributed by atoms with Gasteiger partial charge in [-0.2, -0.15) is 5.10 Å². The third-order valence-electron chi connectivity index (χ3n) is 4.85. The highest BCUT2D eigenvalue weighted by Gasteiger charge is 2.30. The van der Waals surface area contributed by atoms with Crippen molar-refractivity contribution >= 4 is 11.6 Å². The molecule has 1 amide bonds. The van der Waals surface area contributed by atoms with Crippen LogP contribution in [0.25, 0.3) is 5.69 Å². The predicted octanol–water partition coefficient (Wildman–Crippen LogP) is 3.18. The Morgan fingerprint density at radius 1 is 1.19 bits per heavy atom. The smallest absolute Gasteiger partial charge is 0.241 e. The van der Waals surface area contributed by atoms with Gasteiger partial charge in [0.15, 0.2) is 0 Å². The first-order valence-corrected chi connectivity index (χ1v) is 9.12. The van der Waals surface area contributed by atoms with Crippen LogP contribution >= 0.6 is 0 Å². The van der Waals surface area contributed by atoms with Gasteiger partial charge in [-0.25, -0.2) is 4.68 Å². The molecule has 0 unspecified atom stereocenters. The van der Waals surface area contributed by atoms with Crippen molar-refractivity contribution in [2.45, 2.75) is 25.4 Å². The molecule has 2 N–H and O–H groups in total. The fourth-order valence-electron chi connectivity index (χ4n) is 3.57. The number of aromatic nitrogens is 2. The summed E-state index contributed by atoms with van der Waals surface area (Å²) in [5, 5.41) is 16.9. The fourth-order valence-corrected chi connectivity index (χ4v) is 3.57. The molecule has 6 nitrogen and oxygen atoms in total. The molecule has 1 aromatic heterocycles. The minimum absolute atomic E-state index is 0.00488. The van der Waals surface area contributed by atoms with E-state index in [1.807, 2.05) is 48.7 Å². The highest BCUT2D eigenvalue weighted by molar-refractivity contribution is 5.95. The number of anilines is 1. The molecule has 1 aliphatic rings. The lowest BCUT2D eigenvalue weighted by Crippen LogP contribution is -2.39. The number of amides is 1. The molecule has 0 radical (unpaired) electrons. The van der Waals surface area contributed by atoms with Gasteiger partial charge >= 0.3 is 0 Å².